The fraction of sp³-hybridized carbons (Fsp3) is 0.662. The number of rotatable bonds is 49. The zero-order valence-corrected chi connectivity index (χ0v) is 47.9. The first-order valence-electron chi connectivity index (χ1n) is 29.9. The predicted octanol–water partition coefficient (Wildman–Crippen LogP) is 15.4. The molecule has 6 unspecified atom stereocenters. The van der Waals surface area contributed by atoms with Crippen molar-refractivity contribution in [1.82, 2.24) is 0 Å². The van der Waals surface area contributed by atoms with E-state index in [9.17, 15) is 34.5 Å². The molecule has 3 N–H and O–H groups in total. The van der Waals surface area contributed by atoms with Crippen molar-refractivity contribution >= 4 is 23.9 Å². The van der Waals surface area contributed by atoms with Crippen LogP contribution in [0.4, 0.5) is 0 Å². The van der Waals surface area contributed by atoms with Crippen LogP contribution in [0.1, 0.15) is 226 Å². The van der Waals surface area contributed by atoms with Crippen molar-refractivity contribution in [2.75, 3.05) is 13.2 Å². The van der Waals surface area contributed by atoms with E-state index in [0.29, 0.717) is 19.3 Å². The molecule has 77 heavy (non-hydrogen) atoms. The number of ether oxygens (including phenoxy) is 5. The van der Waals surface area contributed by atoms with E-state index in [0.717, 1.165) is 135 Å². The van der Waals surface area contributed by atoms with Crippen molar-refractivity contribution in [1.29, 1.82) is 0 Å². The van der Waals surface area contributed by atoms with Gasteiger partial charge in [0.15, 0.2) is 24.6 Å². The maximum Gasteiger partial charge on any atom is 0.335 e. The van der Waals surface area contributed by atoms with Crippen LogP contribution in [0.2, 0.25) is 0 Å². The Morgan fingerprint density at radius 3 is 1.26 bits per heavy atom. The first-order valence-corrected chi connectivity index (χ1v) is 29.9. The largest absolute Gasteiger partial charge is 0.479 e. The highest BCUT2D eigenvalue weighted by atomic mass is 16.7. The zero-order chi connectivity index (χ0) is 56.1. The number of carbonyl (C=O) groups is 4. The molecule has 0 aromatic carbocycles. The number of aliphatic hydroxyl groups excluding tert-OH is 2. The van der Waals surface area contributed by atoms with E-state index in [-0.39, 0.29) is 25.9 Å². The SMILES string of the molecule is CC/C=C\C/C=C\C/C=C\C/C=C\C/C=C\CCCCCC(=O)OC1C(OCC(COC(=O)CCCCCCCC/C=C\C/C=C\C/C=C\C/C=C\CC)OC(=O)CCCCCCCCCCC)OC(C(=O)O)C(O)C1O. The highest BCUT2D eigenvalue weighted by molar-refractivity contribution is 5.74. The molecule has 0 aromatic heterocycles. The predicted molar refractivity (Wildman–Crippen MR) is 312 cm³/mol. The number of hydrogen-bond donors (Lipinski definition) is 3. The molecule has 1 aliphatic rings. The molecule has 12 heteroatoms. The van der Waals surface area contributed by atoms with E-state index in [2.05, 4.69) is 130 Å². The average molecular weight is 1080 g/mol. The fourth-order valence-corrected chi connectivity index (χ4v) is 8.33. The van der Waals surface area contributed by atoms with E-state index in [4.69, 9.17) is 23.7 Å². The van der Waals surface area contributed by atoms with Gasteiger partial charge in [0.25, 0.3) is 0 Å². The Labute approximate surface area is 465 Å². The summed E-state index contributed by atoms with van der Waals surface area (Å²) in [7, 11) is 0. The summed E-state index contributed by atoms with van der Waals surface area (Å²) in [5.41, 5.74) is 0. The van der Waals surface area contributed by atoms with Gasteiger partial charge in [0, 0.05) is 19.3 Å². The van der Waals surface area contributed by atoms with Gasteiger partial charge in [-0.3, -0.25) is 14.4 Å². The van der Waals surface area contributed by atoms with Crippen LogP contribution in [-0.2, 0) is 42.9 Å². The monoisotopic (exact) mass is 1080 g/mol. The molecule has 12 nitrogen and oxygen atoms in total. The number of carbonyl (C=O) groups excluding carboxylic acids is 3. The fourth-order valence-electron chi connectivity index (χ4n) is 8.33. The summed E-state index contributed by atoms with van der Waals surface area (Å²) >= 11 is 0. The van der Waals surface area contributed by atoms with Gasteiger partial charge in [-0.15, -0.1) is 0 Å². The molecule has 1 heterocycles. The van der Waals surface area contributed by atoms with Crippen molar-refractivity contribution in [3.05, 3.63) is 109 Å². The zero-order valence-electron chi connectivity index (χ0n) is 47.9. The molecular formula is C65H104O12. The first kappa shape index (κ1) is 70.4. The van der Waals surface area contributed by atoms with Gasteiger partial charge in [0.1, 0.15) is 18.8 Å². The van der Waals surface area contributed by atoms with Gasteiger partial charge in [-0.1, -0.05) is 214 Å². The number of allylic oxidation sites excluding steroid dienone is 18. The lowest BCUT2D eigenvalue weighted by Crippen LogP contribution is -2.61. The summed E-state index contributed by atoms with van der Waals surface area (Å²) < 4.78 is 28.3. The van der Waals surface area contributed by atoms with Gasteiger partial charge >= 0.3 is 23.9 Å². The lowest BCUT2D eigenvalue weighted by Gasteiger charge is -2.40. The van der Waals surface area contributed by atoms with Gasteiger partial charge in [-0.25, -0.2) is 4.79 Å². The summed E-state index contributed by atoms with van der Waals surface area (Å²) in [4.78, 5) is 51.1. The third kappa shape index (κ3) is 42.1. The van der Waals surface area contributed by atoms with Crippen LogP contribution >= 0.6 is 0 Å². The van der Waals surface area contributed by atoms with Crippen LogP contribution in [-0.4, -0.2) is 89.2 Å². The molecule has 0 bridgehead atoms. The van der Waals surface area contributed by atoms with E-state index < -0.39 is 67.3 Å². The summed E-state index contributed by atoms with van der Waals surface area (Å²) in [6, 6.07) is 0. The van der Waals surface area contributed by atoms with Crippen molar-refractivity contribution in [3.63, 3.8) is 0 Å². The summed E-state index contributed by atoms with van der Waals surface area (Å²) in [6.07, 6.45) is 57.8. The normalized spacial score (nSPS) is 18.8. The molecule has 1 rings (SSSR count). The van der Waals surface area contributed by atoms with Gasteiger partial charge < -0.3 is 39.0 Å². The Balaban J connectivity index is 2.66. The number of carboxylic acid groups (broad SMARTS) is 1. The first-order chi connectivity index (χ1) is 37.6. The Morgan fingerprint density at radius 1 is 0.442 bits per heavy atom. The molecule has 0 radical (unpaired) electrons. The van der Waals surface area contributed by atoms with Crippen LogP contribution in [0.5, 0.6) is 0 Å². The Hall–Kier alpha value is -4.62. The second-order valence-corrected chi connectivity index (χ2v) is 19.9. The number of hydrogen-bond acceptors (Lipinski definition) is 11. The maximum absolute atomic E-state index is 13.1. The van der Waals surface area contributed by atoms with Crippen molar-refractivity contribution in [2.45, 2.75) is 263 Å². The summed E-state index contributed by atoms with van der Waals surface area (Å²) in [5.74, 6) is -3.19. The smallest absolute Gasteiger partial charge is 0.335 e. The highest BCUT2D eigenvalue weighted by Gasteiger charge is 2.50. The minimum absolute atomic E-state index is 0.0157. The van der Waals surface area contributed by atoms with E-state index in [1.807, 2.05) is 0 Å². The van der Waals surface area contributed by atoms with Crippen LogP contribution in [0, 0.1) is 0 Å². The molecular weight excluding hydrogens is 973 g/mol. The third-order valence-corrected chi connectivity index (χ3v) is 12.8. The maximum atomic E-state index is 13.1. The van der Waals surface area contributed by atoms with Gasteiger partial charge in [0.2, 0.25) is 0 Å². The number of aliphatic carboxylic acids is 1. The molecule has 6 atom stereocenters. The van der Waals surface area contributed by atoms with Gasteiger partial charge in [-0.2, -0.15) is 0 Å². The molecule has 0 saturated carbocycles. The Bertz CT molecular complexity index is 1750. The molecule has 436 valence electrons. The van der Waals surface area contributed by atoms with E-state index in [1.54, 1.807) is 0 Å². The Kier molecular flexibility index (Phi) is 47.6. The minimum Gasteiger partial charge on any atom is -0.479 e. The quantitative estimate of drug-likeness (QED) is 0.0228. The summed E-state index contributed by atoms with van der Waals surface area (Å²) in [6.45, 7) is 5.71. The Morgan fingerprint density at radius 2 is 0.818 bits per heavy atom. The van der Waals surface area contributed by atoms with Crippen LogP contribution in [0.15, 0.2) is 109 Å². The minimum atomic E-state index is -1.92. The van der Waals surface area contributed by atoms with Crippen molar-refractivity contribution in [2.24, 2.45) is 0 Å². The van der Waals surface area contributed by atoms with Crippen LogP contribution in [0.25, 0.3) is 0 Å². The van der Waals surface area contributed by atoms with Crippen molar-refractivity contribution in [3.8, 4) is 0 Å². The van der Waals surface area contributed by atoms with Gasteiger partial charge in [0.05, 0.1) is 6.61 Å². The standard InChI is InChI=1S/C65H104O12/c1-4-7-10-13-16-19-21-23-25-27-29-31-33-35-37-40-42-45-48-51-57(66)73-54-56(75-58(67)52-49-46-43-39-18-15-12-9-6-3)55-74-65-63(61(70)60(69)62(77-65)64(71)72)76-59(68)53-50-47-44-41-38-36-34-32-30-28-26-24-22-20-17-14-11-8-5-2/h7-8,10-11,16-17,19-20,23-26,29-32,36,38,56,60-63,65,69-70H,4-6,9,12-15,18,21-22,27-28,33-35,37,39-55H2,1-3H3,(H,71,72)/b10-7-,11-8-,19-16-,20-17-,25-23-,26-24-,31-29-,32-30-,38-36-. The number of esters is 3. The molecule has 1 fully saturated rings. The van der Waals surface area contributed by atoms with Crippen molar-refractivity contribution < 1.29 is 58.2 Å². The molecule has 1 aliphatic heterocycles. The number of unbranched alkanes of at least 4 members (excludes halogenated alkanes) is 17. The second-order valence-electron chi connectivity index (χ2n) is 19.9. The molecule has 0 amide bonds. The average Bonchev–Trinajstić information content (AvgIpc) is 3.42. The third-order valence-electron chi connectivity index (χ3n) is 12.8. The highest BCUT2D eigenvalue weighted by Crippen LogP contribution is 2.26. The molecule has 0 spiro atoms. The second kappa shape index (κ2) is 52.1. The summed E-state index contributed by atoms with van der Waals surface area (Å²) in [5, 5.41) is 31.5. The topological polar surface area (TPSA) is 175 Å². The molecule has 1 saturated heterocycles. The van der Waals surface area contributed by atoms with Gasteiger partial charge in [-0.05, 0) is 103 Å². The number of aliphatic hydroxyl groups is 2. The molecule has 0 aliphatic carbocycles. The van der Waals surface area contributed by atoms with E-state index >= 15 is 0 Å². The number of carboxylic acids is 1. The lowest BCUT2D eigenvalue weighted by molar-refractivity contribution is -0.301. The molecule has 0 aromatic rings. The van der Waals surface area contributed by atoms with E-state index in [1.165, 1.54) is 32.1 Å². The lowest BCUT2D eigenvalue weighted by atomic mass is 9.98. The van der Waals surface area contributed by atoms with Crippen LogP contribution in [0.3, 0.4) is 0 Å². The van der Waals surface area contributed by atoms with Crippen LogP contribution < -0.4 is 0 Å².